The van der Waals surface area contributed by atoms with E-state index in [0.29, 0.717) is 0 Å². The van der Waals surface area contributed by atoms with Crippen LogP contribution in [-0.2, 0) is 9.59 Å². The highest BCUT2D eigenvalue weighted by Gasteiger charge is 2.37. The Hall–Kier alpha value is -1.59. The average Bonchev–Trinajstić information content (AvgIpc) is 2.58. The van der Waals surface area contributed by atoms with Gasteiger partial charge >= 0.3 is 6.03 Å². The number of likely N-dealkylation sites (tertiary alicyclic amines) is 1. The molecule has 0 bridgehead atoms. The minimum Gasteiger partial charge on any atom is -0.335 e. The molecule has 2 N–H and O–H groups in total. The zero-order valence-electron chi connectivity index (χ0n) is 10.6. The molecule has 1 aliphatic heterocycles. The largest absolute Gasteiger partial charge is 0.335 e. The molecule has 1 saturated heterocycles. The molecular formula is C12H19N3O3. The average molecular weight is 253 g/mol. The van der Waals surface area contributed by atoms with Crippen molar-refractivity contribution in [2.24, 2.45) is 0 Å². The Morgan fingerprint density at radius 2 is 1.83 bits per heavy atom. The number of hydrogen-bond donors (Lipinski definition) is 2. The molecule has 4 amide bonds. The minimum absolute atomic E-state index is 0.0629. The fourth-order valence-electron chi connectivity index (χ4n) is 2.50. The number of rotatable bonds is 2. The number of amides is 4. The Morgan fingerprint density at radius 3 is 2.39 bits per heavy atom. The van der Waals surface area contributed by atoms with Crippen LogP contribution in [0.25, 0.3) is 0 Å². The highest BCUT2D eigenvalue weighted by Crippen LogP contribution is 2.17. The molecule has 0 aromatic heterocycles. The number of carbonyl (C=O) groups excluding carboxylic acids is 3. The lowest BCUT2D eigenvalue weighted by molar-refractivity contribution is -0.137. The summed E-state index contributed by atoms with van der Waals surface area (Å²) in [4.78, 5) is 35.7. The number of urea groups is 1. The van der Waals surface area contributed by atoms with E-state index in [2.05, 4.69) is 10.6 Å². The van der Waals surface area contributed by atoms with E-state index in [-0.39, 0.29) is 30.3 Å². The van der Waals surface area contributed by atoms with Gasteiger partial charge in [-0.05, 0) is 12.8 Å². The third kappa shape index (κ3) is 2.80. The lowest BCUT2D eigenvalue weighted by atomic mass is 9.96. The number of nitrogens with zero attached hydrogens (tertiary/aromatic N) is 1. The molecule has 6 heteroatoms. The molecule has 18 heavy (non-hydrogen) atoms. The van der Waals surface area contributed by atoms with E-state index in [9.17, 15) is 14.4 Å². The predicted molar refractivity (Wildman–Crippen MR) is 64.7 cm³/mol. The van der Waals surface area contributed by atoms with Gasteiger partial charge in [-0.15, -0.1) is 0 Å². The summed E-state index contributed by atoms with van der Waals surface area (Å²) >= 11 is 0. The van der Waals surface area contributed by atoms with Crippen molar-refractivity contribution in [3.8, 4) is 0 Å². The first-order chi connectivity index (χ1) is 8.58. The van der Waals surface area contributed by atoms with Gasteiger partial charge in [-0.2, -0.15) is 0 Å². The maximum absolute atomic E-state index is 11.7. The van der Waals surface area contributed by atoms with Crippen molar-refractivity contribution in [2.45, 2.75) is 50.6 Å². The number of imide groups is 1. The Bertz CT molecular complexity index is 364. The van der Waals surface area contributed by atoms with E-state index in [0.717, 1.165) is 30.6 Å². The first kappa shape index (κ1) is 12.9. The maximum Gasteiger partial charge on any atom is 0.315 e. The van der Waals surface area contributed by atoms with Crippen molar-refractivity contribution < 1.29 is 14.4 Å². The normalized spacial score (nSPS) is 25.4. The van der Waals surface area contributed by atoms with Gasteiger partial charge in [0.25, 0.3) is 5.91 Å². The molecule has 2 aliphatic rings. The molecule has 1 aliphatic carbocycles. The smallest absolute Gasteiger partial charge is 0.315 e. The van der Waals surface area contributed by atoms with Crippen LogP contribution in [-0.4, -0.2) is 41.9 Å². The van der Waals surface area contributed by atoms with Crippen LogP contribution in [0.15, 0.2) is 0 Å². The second-order valence-electron chi connectivity index (χ2n) is 5.00. The van der Waals surface area contributed by atoms with Crippen LogP contribution in [0.2, 0.25) is 0 Å². The van der Waals surface area contributed by atoms with Crippen LogP contribution in [0.4, 0.5) is 4.79 Å². The van der Waals surface area contributed by atoms with Gasteiger partial charge in [-0.1, -0.05) is 19.3 Å². The van der Waals surface area contributed by atoms with Crippen molar-refractivity contribution >= 4 is 17.8 Å². The minimum atomic E-state index is -0.703. The van der Waals surface area contributed by atoms with E-state index in [1.54, 1.807) is 0 Å². The summed E-state index contributed by atoms with van der Waals surface area (Å²) in [7, 11) is 1.44. The molecule has 0 aromatic carbocycles. The van der Waals surface area contributed by atoms with Crippen molar-refractivity contribution in [3.05, 3.63) is 0 Å². The van der Waals surface area contributed by atoms with E-state index >= 15 is 0 Å². The van der Waals surface area contributed by atoms with Gasteiger partial charge < -0.3 is 10.6 Å². The Morgan fingerprint density at radius 1 is 1.17 bits per heavy atom. The molecule has 1 unspecified atom stereocenters. The van der Waals surface area contributed by atoms with E-state index in [1.807, 2.05) is 0 Å². The molecule has 100 valence electrons. The number of likely N-dealkylation sites (N-methyl/N-ethyl adjacent to an activating group) is 1. The Balaban J connectivity index is 1.80. The van der Waals surface area contributed by atoms with Crippen molar-refractivity contribution in [2.75, 3.05) is 7.05 Å². The Kier molecular flexibility index (Phi) is 3.84. The van der Waals surface area contributed by atoms with Crippen LogP contribution in [0, 0.1) is 0 Å². The molecule has 0 aromatic rings. The van der Waals surface area contributed by atoms with Crippen LogP contribution in [0.1, 0.15) is 38.5 Å². The van der Waals surface area contributed by atoms with Gasteiger partial charge in [-0.3, -0.25) is 14.5 Å². The third-order valence-corrected chi connectivity index (χ3v) is 3.63. The molecule has 1 saturated carbocycles. The summed E-state index contributed by atoms with van der Waals surface area (Å²) in [5.74, 6) is -0.582. The SMILES string of the molecule is CN1C(=O)CC(NC(=O)NC2CCCCC2)C1=O. The van der Waals surface area contributed by atoms with Crippen LogP contribution in [0.5, 0.6) is 0 Å². The number of carbonyl (C=O) groups is 3. The highest BCUT2D eigenvalue weighted by molar-refractivity contribution is 6.06. The first-order valence-corrected chi connectivity index (χ1v) is 6.45. The molecule has 1 atom stereocenters. The van der Waals surface area contributed by atoms with Gasteiger partial charge in [0.05, 0.1) is 6.42 Å². The van der Waals surface area contributed by atoms with Gasteiger partial charge in [-0.25, -0.2) is 4.79 Å². The molecule has 6 nitrogen and oxygen atoms in total. The molecule has 0 radical (unpaired) electrons. The van der Waals surface area contributed by atoms with E-state index < -0.39 is 6.04 Å². The standard InChI is InChI=1S/C12H19N3O3/c1-15-10(16)7-9(11(15)17)14-12(18)13-8-5-3-2-4-6-8/h8-9H,2-7H2,1H3,(H2,13,14,18). The quantitative estimate of drug-likeness (QED) is 0.698. The van der Waals surface area contributed by atoms with Gasteiger partial charge in [0, 0.05) is 13.1 Å². The molecule has 2 fully saturated rings. The lowest BCUT2D eigenvalue weighted by Gasteiger charge is -2.23. The zero-order valence-corrected chi connectivity index (χ0v) is 10.6. The second-order valence-corrected chi connectivity index (χ2v) is 5.00. The maximum atomic E-state index is 11.7. The van der Waals surface area contributed by atoms with Crippen molar-refractivity contribution in [3.63, 3.8) is 0 Å². The monoisotopic (exact) mass is 253 g/mol. The van der Waals surface area contributed by atoms with Crippen LogP contribution >= 0.6 is 0 Å². The van der Waals surface area contributed by atoms with Crippen LogP contribution < -0.4 is 10.6 Å². The summed E-state index contributed by atoms with van der Waals surface area (Å²) in [6, 6.07) is -0.849. The van der Waals surface area contributed by atoms with E-state index in [1.165, 1.54) is 13.5 Å². The summed E-state index contributed by atoms with van der Waals surface area (Å²) < 4.78 is 0. The fraction of sp³-hybridized carbons (Fsp3) is 0.750. The summed E-state index contributed by atoms with van der Waals surface area (Å²) in [5, 5.41) is 5.44. The number of hydrogen-bond acceptors (Lipinski definition) is 3. The summed E-state index contributed by atoms with van der Waals surface area (Å²) in [6.07, 6.45) is 5.53. The topological polar surface area (TPSA) is 78.5 Å². The second kappa shape index (κ2) is 5.37. The predicted octanol–water partition coefficient (Wildman–Crippen LogP) is 0.376. The zero-order chi connectivity index (χ0) is 13.1. The molecular weight excluding hydrogens is 234 g/mol. The van der Waals surface area contributed by atoms with Gasteiger partial charge in [0.1, 0.15) is 6.04 Å². The first-order valence-electron chi connectivity index (χ1n) is 6.45. The van der Waals surface area contributed by atoms with Gasteiger partial charge in [0.15, 0.2) is 0 Å². The highest BCUT2D eigenvalue weighted by atomic mass is 16.2. The molecule has 0 spiro atoms. The summed E-state index contributed by atoms with van der Waals surface area (Å²) in [5.41, 5.74) is 0. The van der Waals surface area contributed by atoms with Gasteiger partial charge in [0.2, 0.25) is 5.91 Å². The van der Waals surface area contributed by atoms with Crippen LogP contribution in [0.3, 0.4) is 0 Å². The fourth-order valence-corrected chi connectivity index (χ4v) is 2.50. The molecule has 2 rings (SSSR count). The van der Waals surface area contributed by atoms with Crippen molar-refractivity contribution in [1.29, 1.82) is 0 Å². The third-order valence-electron chi connectivity index (χ3n) is 3.63. The number of nitrogens with one attached hydrogen (secondary N) is 2. The summed E-state index contributed by atoms with van der Waals surface area (Å²) in [6.45, 7) is 0. The molecule has 1 heterocycles. The van der Waals surface area contributed by atoms with E-state index in [4.69, 9.17) is 0 Å². The van der Waals surface area contributed by atoms with Crippen molar-refractivity contribution in [1.82, 2.24) is 15.5 Å². The Labute approximate surface area is 106 Å². The lowest BCUT2D eigenvalue weighted by Crippen LogP contribution is -2.49.